The number of carbonyl (C=O) groups is 2. The van der Waals surface area contributed by atoms with Gasteiger partial charge in [0.05, 0.1) is 12.7 Å². The summed E-state index contributed by atoms with van der Waals surface area (Å²) in [7, 11) is 1.34. The molecule has 1 aliphatic carbocycles. The number of Topliss-reactive ketones (excluding diaryl/α,β-unsaturated/α-hetero) is 1. The number of rotatable bonds is 6. The molecule has 0 atom stereocenters. The standard InChI is InChI=1S/C19H21NO4/c1-12-10-17(13(2)20(12)15-6-7-15)18(21)11-24-16-8-4-14(5-9-16)19(22)23-3/h4-5,8-10,15H,6-7,11H2,1-3H3. The minimum Gasteiger partial charge on any atom is -0.485 e. The number of esters is 1. The SMILES string of the molecule is COC(=O)c1ccc(OCC(=O)c2cc(C)n(C3CC3)c2C)cc1. The summed E-state index contributed by atoms with van der Waals surface area (Å²) in [5, 5.41) is 0. The van der Waals surface area contributed by atoms with E-state index >= 15 is 0 Å². The molecule has 0 amide bonds. The van der Waals surface area contributed by atoms with E-state index in [1.807, 2.05) is 19.9 Å². The maximum absolute atomic E-state index is 12.5. The zero-order chi connectivity index (χ0) is 17.3. The maximum Gasteiger partial charge on any atom is 0.337 e. The summed E-state index contributed by atoms with van der Waals surface area (Å²) in [5.41, 5.74) is 3.32. The van der Waals surface area contributed by atoms with Crippen LogP contribution in [0.4, 0.5) is 0 Å². The molecule has 0 radical (unpaired) electrons. The van der Waals surface area contributed by atoms with Crippen LogP contribution in [0.25, 0.3) is 0 Å². The molecule has 2 aromatic rings. The van der Waals surface area contributed by atoms with Crippen molar-refractivity contribution in [2.45, 2.75) is 32.7 Å². The number of methoxy groups -OCH3 is 1. The molecule has 1 saturated carbocycles. The Labute approximate surface area is 141 Å². The van der Waals surface area contributed by atoms with Gasteiger partial charge in [-0.15, -0.1) is 0 Å². The first kappa shape index (κ1) is 16.3. The largest absolute Gasteiger partial charge is 0.485 e. The Balaban J connectivity index is 1.65. The zero-order valence-electron chi connectivity index (χ0n) is 14.2. The van der Waals surface area contributed by atoms with Gasteiger partial charge >= 0.3 is 5.97 Å². The highest BCUT2D eigenvalue weighted by Crippen LogP contribution is 2.38. The van der Waals surface area contributed by atoms with E-state index in [9.17, 15) is 9.59 Å². The lowest BCUT2D eigenvalue weighted by Gasteiger charge is -2.08. The molecule has 5 nitrogen and oxygen atoms in total. The fourth-order valence-electron chi connectivity index (χ4n) is 2.99. The van der Waals surface area contributed by atoms with Crippen LogP contribution in [0, 0.1) is 13.8 Å². The van der Waals surface area contributed by atoms with Crippen LogP contribution < -0.4 is 4.74 Å². The molecule has 3 rings (SSSR count). The number of benzene rings is 1. The molecule has 0 unspecified atom stereocenters. The molecule has 1 aliphatic rings. The molecule has 126 valence electrons. The van der Waals surface area contributed by atoms with Crippen LogP contribution in [0.5, 0.6) is 5.75 Å². The minimum absolute atomic E-state index is 0.0213. The van der Waals surface area contributed by atoms with Gasteiger partial charge in [0.15, 0.2) is 6.61 Å². The van der Waals surface area contributed by atoms with Crippen LogP contribution >= 0.6 is 0 Å². The van der Waals surface area contributed by atoms with Crippen LogP contribution in [-0.4, -0.2) is 30.0 Å². The third-order valence-corrected chi connectivity index (χ3v) is 4.34. The summed E-state index contributed by atoms with van der Waals surface area (Å²) in [6, 6.07) is 9.05. The number of ether oxygens (including phenoxy) is 2. The van der Waals surface area contributed by atoms with Gasteiger partial charge in [-0.05, 0) is 57.0 Å². The van der Waals surface area contributed by atoms with Crippen molar-refractivity contribution in [2.75, 3.05) is 13.7 Å². The van der Waals surface area contributed by atoms with Gasteiger partial charge in [-0.2, -0.15) is 0 Å². The predicted molar refractivity (Wildman–Crippen MR) is 89.8 cm³/mol. The number of aromatic nitrogens is 1. The van der Waals surface area contributed by atoms with E-state index in [0.29, 0.717) is 17.4 Å². The molecule has 24 heavy (non-hydrogen) atoms. The molecule has 0 bridgehead atoms. The predicted octanol–water partition coefficient (Wildman–Crippen LogP) is 3.49. The topological polar surface area (TPSA) is 57.5 Å². The number of ketones is 1. The Morgan fingerprint density at radius 2 is 1.83 bits per heavy atom. The summed E-state index contributed by atoms with van der Waals surface area (Å²) in [6.07, 6.45) is 2.38. The molecule has 0 saturated heterocycles. The van der Waals surface area contributed by atoms with Crippen molar-refractivity contribution in [3.05, 3.63) is 52.8 Å². The summed E-state index contributed by atoms with van der Waals surface area (Å²) >= 11 is 0. The van der Waals surface area contributed by atoms with Gasteiger partial charge in [0.2, 0.25) is 5.78 Å². The highest BCUT2D eigenvalue weighted by molar-refractivity contribution is 5.98. The Morgan fingerprint density at radius 3 is 2.42 bits per heavy atom. The van der Waals surface area contributed by atoms with Crippen molar-refractivity contribution >= 4 is 11.8 Å². The van der Waals surface area contributed by atoms with Gasteiger partial charge in [0.1, 0.15) is 5.75 Å². The first-order valence-electron chi connectivity index (χ1n) is 8.04. The maximum atomic E-state index is 12.5. The van der Waals surface area contributed by atoms with E-state index in [1.165, 1.54) is 20.0 Å². The van der Waals surface area contributed by atoms with Gasteiger partial charge in [0.25, 0.3) is 0 Å². The average molecular weight is 327 g/mol. The molecule has 0 spiro atoms. The first-order chi connectivity index (χ1) is 11.5. The second-order valence-electron chi connectivity index (χ2n) is 6.11. The molecule has 1 fully saturated rings. The summed E-state index contributed by atoms with van der Waals surface area (Å²) in [5.74, 6) is 0.115. The number of hydrogen-bond acceptors (Lipinski definition) is 4. The Bertz CT molecular complexity index is 769. The molecule has 0 N–H and O–H groups in total. The highest BCUT2D eigenvalue weighted by atomic mass is 16.5. The first-order valence-corrected chi connectivity index (χ1v) is 8.04. The number of nitrogens with zero attached hydrogens (tertiary/aromatic N) is 1. The zero-order valence-corrected chi connectivity index (χ0v) is 14.2. The van der Waals surface area contributed by atoms with E-state index in [-0.39, 0.29) is 12.4 Å². The second-order valence-corrected chi connectivity index (χ2v) is 6.11. The van der Waals surface area contributed by atoms with Crippen LogP contribution in [0.15, 0.2) is 30.3 Å². The van der Waals surface area contributed by atoms with Gasteiger partial charge < -0.3 is 14.0 Å². The lowest BCUT2D eigenvalue weighted by molar-refractivity contribution is 0.0600. The third-order valence-electron chi connectivity index (χ3n) is 4.34. The average Bonchev–Trinajstić information content (AvgIpc) is 3.37. The van der Waals surface area contributed by atoms with Crippen molar-refractivity contribution in [2.24, 2.45) is 0 Å². The molecular formula is C19H21NO4. The van der Waals surface area contributed by atoms with E-state index in [1.54, 1.807) is 24.3 Å². The Morgan fingerprint density at radius 1 is 1.17 bits per heavy atom. The van der Waals surface area contributed by atoms with Crippen LogP contribution in [-0.2, 0) is 4.74 Å². The molecule has 0 aliphatic heterocycles. The van der Waals surface area contributed by atoms with Crippen LogP contribution in [0.2, 0.25) is 0 Å². The van der Waals surface area contributed by atoms with Crippen molar-refractivity contribution in [1.29, 1.82) is 0 Å². The van der Waals surface area contributed by atoms with Gasteiger partial charge in [-0.1, -0.05) is 0 Å². The van der Waals surface area contributed by atoms with Crippen LogP contribution in [0.3, 0.4) is 0 Å². The minimum atomic E-state index is -0.398. The van der Waals surface area contributed by atoms with E-state index in [4.69, 9.17) is 4.74 Å². The van der Waals surface area contributed by atoms with E-state index in [2.05, 4.69) is 9.30 Å². The molecule has 1 aromatic heterocycles. The fraction of sp³-hybridized carbons (Fsp3) is 0.368. The summed E-state index contributed by atoms with van der Waals surface area (Å²) < 4.78 is 12.5. The van der Waals surface area contributed by atoms with Crippen molar-refractivity contribution in [3.63, 3.8) is 0 Å². The third kappa shape index (κ3) is 3.20. The Kier molecular flexibility index (Phi) is 4.42. The Hall–Kier alpha value is -2.56. The molecule has 1 aromatic carbocycles. The fourth-order valence-corrected chi connectivity index (χ4v) is 2.99. The van der Waals surface area contributed by atoms with Crippen molar-refractivity contribution < 1.29 is 19.1 Å². The van der Waals surface area contributed by atoms with Crippen LogP contribution in [0.1, 0.15) is 51.0 Å². The lowest BCUT2D eigenvalue weighted by atomic mass is 10.1. The van der Waals surface area contributed by atoms with Crippen molar-refractivity contribution in [1.82, 2.24) is 4.57 Å². The second kappa shape index (κ2) is 6.51. The van der Waals surface area contributed by atoms with E-state index < -0.39 is 5.97 Å². The number of carbonyl (C=O) groups excluding carboxylic acids is 2. The number of aryl methyl sites for hydroxylation is 1. The van der Waals surface area contributed by atoms with Crippen molar-refractivity contribution in [3.8, 4) is 5.75 Å². The van der Waals surface area contributed by atoms with Gasteiger partial charge in [-0.25, -0.2) is 4.79 Å². The summed E-state index contributed by atoms with van der Waals surface area (Å²) in [4.78, 5) is 23.8. The smallest absolute Gasteiger partial charge is 0.337 e. The summed E-state index contributed by atoms with van der Waals surface area (Å²) in [6.45, 7) is 4.00. The van der Waals surface area contributed by atoms with Gasteiger partial charge in [0, 0.05) is 23.0 Å². The normalized spacial score (nSPS) is 13.6. The van der Waals surface area contributed by atoms with Gasteiger partial charge in [-0.3, -0.25) is 4.79 Å². The lowest BCUT2D eigenvalue weighted by Crippen LogP contribution is -2.13. The molecule has 5 heteroatoms. The van der Waals surface area contributed by atoms with E-state index in [0.717, 1.165) is 17.0 Å². The highest BCUT2D eigenvalue weighted by Gasteiger charge is 2.28. The molecule has 1 heterocycles. The molecular weight excluding hydrogens is 306 g/mol. The number of hydrogen-bond donors (Lipinski definition) is 0. The quantitative estimate of drug-likeness (QED) is 0.602. The monoisotopic (exact) mass is 327 g/mol.